The summed E-state index contributed by atoms with van der Waals surface area (Å²) in [6.07, 6.45) is 1.51. The molecule has 1 aromatic carbocycles. The fraction of sp³-hybridized carbons (Fsp3) is 0.214. The standard InChI is InChI=1S/C14H14FNO3/c1-2-16(9-10-5-4-8-19-10)14(18)13-11(15)6-3-7-12(13)17/h3-8,17H,2,9H2,1H3. The lowest BCUT2D eigenvalue weighted by atomic mass is 10.1. The summed E-state index contributed by atoms with van der Waals surface area (Å²) in [6, 6.07) is 7.24. The lowest BCUT2D eigenvalue weighted by Crippen LogP contribution is -2.30. The number of carbonyl (C=O) groups excluding carboxylic acids is 1. The van der Waals surface area contributed by atoms with Gasteiger partial charge in [0.05, 0.1) is 12.8 Å². The lowest BCUT2D eigenvalue weighted by Gasteiger charge is -2.20. The number of aromatic hydroxyl groups is 1. The van der Waals surface area contributed by atoms with E-state index in [1.54, 1.807) is 19.1 Å². The first kappa shape index (κ1) is 13.1. The van der Waals surface area contributed by atoms with E-state index >= 15 is 0 Å². The van der Waals surface area contributed by atoms with Crippen LogP contribution >= 0.6 is 0 Å². The highest BCUT2D eigenvalue weighted by molar-refractivity contribution is 5.97. The molecule has 5 heteroatoms. The molecule has 0 spiro atoms. The zero-order valence-corrected chi connectivity index (χ0v) is 10.5. The van der Waals surface area contributed by atoms with Gasteiger partial charge in [-0.15, -0.1) is 0 Å². The molecule has 0 saturated heterocycles. The minimum absolute atomic E-state index is 0.232. The number of benzene rings is 1. The van der Waals surface area contributed by atoms with Crippen LogP contribution < -0.4 is 0 Å². The van der Waals surface area contributed by atoms with Gasteiger partial charge in [0.1, 0.15) is 22.9 Å². The number of phenols is 1. The van der Waals surface area contributed by atoms with Gasteiger partial charge >= 0.3 is 0 Å². The number of carbonyl (C=O) groups is 1. The third-order valence-corrected chi connectivity index (χ3v) is 2.80. The lowest BCUT2D eigenvalue weighted by molar-refractivity contribution is 0.0733. The van der Waals surface area contributed by atoms with Crippen molar-refractivity contribution in [2.24, 2.45) is 0 Å². The molecule has 0 unspecified atom stereocenters. The van der Waals surface area contributed by atoms with Crippen LogP contribution in [0.15, 0.2) is 41.0 Å². The molecular weight excluding hydrogens is 249 g/mol. The minimum Gasteiger partial charge on any atom is -0.507 e. The van der Waals surface area contributed by atoms with Crippen molar-refractivity contribution < 1.29 is 18.7 Å². The number of hydrogen-bond acceptors (Lipinski definition) is 3. The van der Waals surface area contributed by atoms with Gasteiger partial charge in [0.25, 0.3) is 5.91 Å². The maximum Gasteiger partial charge on any atom is 0.261 e. The summed E-state index contributed by atoms with van der Waals surface area (Å²) in [7, 11) is 0. The highest BCUT2D eigenvalue weighted by atomic mass is 19.1. The molecule has 2 aromatic rings. The van der Waals surface area contributed by atoms with E-state index in [1.165, 1.54) is 23.3 Å². The van der Waals surface area contributed by atoms with Crippen molar-refractivity contribution in [3.63, 3.8) is 0 Å². The monoisotopic (exact) mass is 263 g/mol. The summed E-state index contributed by atoms with van der Waals surface area (Å²) in [5.41, 5.74) is -0.309. The van der Waals surface area contributed by atoms with E-state index in [4.69, 9.17) is 4.42 Å². The Hall–Kier alpha value is -2.30. The molecular formula is C14H14FNO3. The predicted octanol–water partition coefficient (Wildman–Crippen LogP) is 2.79. The molecule has 0 radical (unpaired) electrons. The van der Waals surface area contributed by atoms with E-state index in [-0.39, 0.29) is 17.9 Å². The molecule has 1 heterocycles. The van der Waals surface area contributed by atoms with E-state index in [0.717, 1.165) is 6.07 Å². The van der Waals surface area contributed by atoms with Crippen LogP contribution in [0.1, 0.15) is 23.0 Å². The average molecular weight is 263 g/mol. The fourth-order valence-electron chi connectivity index (χ4n) is 1.80. The number of phenolic OH excluding ortho intramolecular Hbond substituents is 1. The van der Waals surface area contributed by atoms with Crippen LogP contribution in [-0.4, -0.2) is 22.5 Å². The molecule has 1 N–H and O–H groups in total. The Morgan fingerprint density at radius 3 is 2.74 bits per heavy atom. The van der Waals surface area contributed by atoms with Crippen LogP contribution in [0.4, 0.5) is 4.39 Å². The largest absolute Gasteiger partial charge is 0.507 e. The Bertz CT molecular complexity index is 546. The zero-order chi connectivity index (χ0) is 13.8. The van der Waals surface area contributed by atoms with Crippen molar-refractivity contribution in [1.29, 1.82) is 0 Å². The number of furan rings is 1. The summed E-state index contributed by atoms with van der Waals surface area (Å²) in [6.45, 7) is 2.39. The van der Waals surface area contributed by atoms with Crippen LogP contribution in [0, 0.1) is 5.82 Å². The summed E-state index contributed by atoms with van der Waals surface area (Å²) in [5.74, 6) is -1.05. The molecule has 1 aromatic heterocycles. The Morgan fingerprint density at radius 1 is 1.37 bits per heavy atom. The first-order valence-corrected chi connectivity index (χ1v) is 5.92. The van der Waals surface area contributed by atoms with Crippen LogP contribution in [0.5, 0.6) is 5.75 Å². The number of halogens is 1. The number of nitrogens with zero attached hydrogens (tertiary/aromatic N) is 1. The van der Waals surface area contributed by atoms with Gasteiger partial charge in [-0.1, -0.05) is 6.07 Å². The van der Waals surface area contributed by atoms with Gasteiger partial charge in [-0.3, -0.25) is 4.79 Å². The molecule has 0 fully saturated rings. The maximum absolute atomic E-state index is 13.6. The Balaban J connectivity index is 2.26. The van der Waals surface area contributed by atoms with Gasteiger partial charge in [-0.25, -0.2) is 4.39 Å². The van der Waals surface area contributed by atoms with Crippen molar-refractivity contribution in [2.45, 2.75) is 13.5 Å². The van der Waals surface area contributed by atoms with Gasteiger partial charge < -0.3 is 14.4 Å². The summed E-state index contributed by atoms with van der Waals surface area (Å²) in [5, 5.41) is 9.62. The van der Waals surface area contributed by atoms with Crippen LogP contribution in [0.2, 0.25) is 0 Å². The van der Waals surface area contributed by atoms with Gasteiger partial charge in [0.2, 0.25) is 0 Å². The molecule has 0 aliphatic carbocycles. The molecule has 0 atom stereocenters. The molecule has 19 heavy (non-hydrogen) atoms. The molecule has 1 amide bonds. The van der Waals surface area contributed by atoms with E-state index in [1.807, 2.05) is 0 Å². The van der Waals surface area contributed by atoms with Crippen molar-refractivity contribution in [3.05, 3.63) is 53.7 Å². The maximum atomic E-state index is 13.6. The van der Waals surface area contributed by atoms with Crippen molar-refractivity contribution >= 4 is 5.91 Å². The van der Waals surface area contributed by atoms with Crippen LogP contribution in [0.3, 0.4) is 0 Å². The average Bonchev–Trinajstić information content (AvgIpc) is 2.88. The van der Waals surface area contributed by atoms with Crippen LogP contribution in [-0.2, 0) is 6.54 Å². The summed E-state index contributed by atoms with van der Waals surface area (Å²) >= 11 is 0. The van der Waals surface area contributed by atoms with E-state index in [9.17, 15) is 14.3 Å². The predicted molar refractivity (Wildman–Crippen MR) is 67.2 cm³/mol. The van der Waals surface area contributed by atoms with E-state index in [2.05, 4.69) is 0 Å². The number of rotatable bonds is 4. The van der Waals surface area contributed by atoms with Crippen molar-refractivity contribution in [1.82, 2.24) is 4.90 Å². The second-order valence-corrected chi connectivity index (χ2v) is 4.03. The quantitative estimate of drug-likeness (QED) is 0.922. The Labute approximate surface area is 110 Å². The van der Waals surface area contributed by atoms with E-state index < -0.39 is 11.7 Å². The number of hydrogen-bond donors (Lipinski definition) is 1. The molecule has 0 aliphatic heterocycles. The molecule has 100 valence electrons. The smallest absolute Gasteiger partial charge is 0.261 e. The van der Waals surface area contributed by atoms with Crippen LogP contribution in [0.25, 0.3) is 0 Å². The van der Waals surface area contributed by atoms with Gasteiger partial charge in [-0.05, 0) is 31.2 Å². The summed E-state index contributed by atoms with van der Waals surface area (Å²) in [4.78, 5) is 13.6. The third kappa shape index (κ3) is 2.76. The molecule has 0 bridgehead atoms. The Morgan fingerprint density at radius 2 is 2.16 bits per heavy atom. The topological polar surface area (TPSA) is 53.7 Å². The first-order valence-electron chi connectivity index (χ1n) is 5.92. The van der Waals surface area contributed by atoms with Gasteiger partial charge in [0.15, 0.2) is 0 Å². The summed E-state index contributed by atoms with van der Waals surface area (Å²) < 4.78 is 18.8. The Kier molecular flexibility index (Phi) is 3.85. The molecule has 2 rings (SSSR count). The highest BCUT2D eigenvalue weighted by Crippen LogP contribution is 2.22. The van der Waals surface area contributed by atoms with Gasteiger partial charge in [-0.2, -0.15) is 0 Å². The van der Waals surface area contributed by atoms with Crippen molar-refractivity contribution in [3.8, 4) is 5.75 Å². The first-order chi connectivity index (χ1) is 9.13. The molecule has 4 nitrogen and oxygen atoms in total. The third-order valence-electron chi connectivity index (χ3n) is 2.80. The fourth-order valence-corrected chi connectivity index (χ4v) is 1.80. The second kappa shape index (κ2) is 5.56. The van der Waals surface area contributed by atoms with Crippen molar-refractivity contribution in [2.75, 3.05) is 6.54 Å². The zero-order valence-electron chi connectivity index (χ0n) is 10.5. The second-order valence-electron chi connectivity index (χ2n) is 4.03. The highest BCUT2D eigenvalue weighted by Gasteiger charge is 2.22. The van der Waals surface area contributed by atoms with E-state index in [0.29, 0.717) is 12.3 Å². The van der Waals surface area contributed by atoms with Gasteiger partial charge in [0, 0.05) is 6.54 Å². The molecule has 0 saturated carbocycles. The SMILES string of the molecule is CCN(Cc1ccco1)C(=O)c1c(O)cccc1F. The number of amides is 1. The minimum atomic E-state index is -0.733. The normalized spacial score (nSPS) is 10.4. The molecule has 0 aliphatic rings.